The molecule has 4 rings (SSSR count). The number of hydrogen-bond acceptors (Lipinski definition) is 4. The first-order valence-electron chi connectivity index (χ1n) is 13.9. The summed E-state index contributed by atoms with van der Waals surface area (Å²) in [5.74, 6) is 1.64. The summed E-state index contributed by atoms with van der Waals surface area (Å²) in [6.07, 6.45) is 11.7. The van der Waals surface area contributed by atoms with Gasteiger partial charge in [-0.1, -0.05) is 32.4 Å². The molecule has 0 aromatic carbocycles. The van der Waals surface area contributed by atoms with Crippen molar-refractivity contribution in [1.82, 2.24) is 10.6 Å². The highest BCUT2D eigenvalue weighted by Gasteiger charge is 2.65. The van der Waals surface area contributed by atoms with E-state index in [0.717, 1.165) is 30.8 Å². The standard InChI is InChI=1S/C30H48N2O3/c1-18(2)17-26(34)32-23-12-15-29(6)22(27(23)35-20(4)33)11-14-30(7)24-10-9-21(19(3)31-8)28(24,5)16-13-25(29)30/h11,17,19,21,23-25,27,31H,9-10,12-16H2,1-8H3,(H,32,34). The van der Waals surface area contributed by atoms with Crippen molar-refractivity contribution in [2.75, 3.05) is 7.05 Å². The number of hydrogen-bond donors (Lipinski definition) is 2. The number of carbonyl (C=O) groups is 2. The van der Waals surface area contributed by atoms with Crippen molar-refractivity contribution >= 4 is 11.9 Å². The highest BCUT2D eigenvalue weighted by atomic mass is 16.5. The van der Waals surface area contributed by atoms with Crippen LogP contribution in [0.2, 0.25) is 0 Å². The van der Waals surface area contributed by atoms with Crippen LogP contribution < -0.4 is 10.6 Å². The fourth-order valence-electron chi connectivity index (χ4n) is 9.39. The predicted octanol–water partition coefficient (Wildman–Crippen LogP) is 5.56. The van der Waals surface area contributed by atoms with Crippen LogP contribution in [0.15, 0.2) is 23.3 Å². The zero-order valence-electron chi connectivity index (χ0n) is 23.3. The van der Waals surface area contributed by atoms with Gasteiger partial charge in [-0.25, -0.2) is 0 Å². The number of esters is 1. The molecular formula is C30H48N2O3. The van der Waals surface area contributed by atoms with Crippen LogP contribution in [0.25, 0.3) is 0 Å². The van der Waals surface area contributed by atoms with E-state index in [4.69, 9.17) is 4.74 Å². The van der Waals surface area contributed by atoms with E-state index < -0.39 is 0 Å². The monoisotopic (exact) mass is 484 g/mol. The lowest BCUT2D eigenvalue weighted by Gasteiger charge is -2.64. The second-order valence-corrected chi connectivity index (χ2v) is 13.1. The molecule has 0 aromatic heterocycles. The molecular weight excluding hydrogens is 436 g/mol. The average molecular weight is 485 g/mol. The Morgan fingerprint density at radius 3 is 2.37 bits per heavy atom. The molecule has 2 N–H and O–H groups in total. The van der Waals surface area contributed by atoms with E-state index in [1.54, 1.807) is 6.08 Å². The summed E-state index contributed by atoms with van der Waals surface area (Å²) >= 11 is 0. The van der Waals surface area contributed by atoms with Gasteiger partial charge in [0, 0.05) is 19.0 Å². The molecule has 3 saturated carbocycles. The van der Waals surface area contributed by atoms with E-state index in [1.165, 1.54) is 38.2 Å². The van der Waals surface area contributed by atoms with Crippen LogP contribution in [0, 0.1) is 34.0 Å². The summed E-state index contributed by atoms with van der Waals surface area (Å²) in [5.41, 5.74) is 2.85. The Balaban J connectivity index is 1.67. The van der Waals surface area contributed by atoms with Crippen molar-refractivity contribution in [2.24, 2.45) is 34.0 Å². The van der Waals surface area contributed by atoms with Gasteiger partial charge < -0.3 is 15.4 Å². The molecule has 0 heterocycles. The normalized spacial score (nSPS) is 43.1. The topological polar surface area (TPSA) is 67.4 Å². The molecule has 5 heteroatoms. The van der Waals surface area contributed by atoms with Gasteiger partial charge in [-0.2, -0.15) is 0 Å². The van der Waals surface area contributed by atoms with Crippen LogP contribution in [-0.2, 0) is 14.3 Å². The minimum absolute atomic E-state index is 0.00110. The minimum Gasteiger partial charge on any atom is -0.456 e. The molecule has 4 aliphatic carbocycles. The average Bonchev–Trinajstić information content (AvgIpc) is 3.12. The van der Waals surface area contributed by atoms with Gasteiger partial charge in [0.1, 0.15) is 6.10 Å². The van der Waals surface area contributed by atoms with Crippen molar-refractivity contribution in [3.63, 3.8) is 0 Å². The fourth-order valence-corrected chi connectivity index (χ4v) is 9.39. The molecule has 3 fully saturated rings. The molecule has 35 heavy (non-hydrogen) atoms. The SMILES string of the molecule is CNC(C)C1CCC2C1(C)CCC1C3(C)CCC(NC(=O)C=C(C)C)C(OC(C)=O)C3=CCC12C. The first-order valence-corrected chi connectivity index (χ1v) is 13.9. The fraction of sp³-hybridized carbons (Fsp3) is 0.800. The molecule has 5 nitrogen and oxygen atoms in total. The summed E-state index contributed by atoms with van der Waals surface area (Å²) in [4.78, 5) is 24.8. The lowest BCUT2D eigenvalue weighted by molar-refractivity contribution is -0.153. The number of ether oxygens (including phenoxy) is 1. The lowest BCUT2D eigenvalue weighted by Crippen LogP contribution is -2.60. The Bertz CT molecular complexity index is 921. The maximum absolute atomic E-state index is 12.6. The quantitative estimate of drug-likeness (QED) is 0.305. The summed E-state index contributed by atoms with van der Waals surface area (Å²) in [6, 6.07) is 0.371. The van der Waals surface area contributed by atoms with Crippen molar-refractivity contribution < 1.29 is 14.3 Å². The molecule has 0 radical (unpaired) electrons. The van der Waals surface area contributed by atoms with Crippen molar-refractivity contribution in [3.05, 3.63) is 23.3 Å². The van der Waals surface area contributed by atoms with E-state index in [0.29, 0.717) is 23.3 Å². The molecule has 0 spiro atoms. The number of rotatable bonds is 5. The second-order valence-electron chi connectivity index (χ2n) is 13.1. The number of allylic oxidation sites excluding steroid dienone is 2. The van der Waals surface area contributed by atoms with Gasteiger partial charge in [-0.05, 0) is 112 Å². The Morgan fingerprint density at radius 2 is 1.74 bits per heavy atom. The Hall–Kier alpha value is -1.62. The predicted molar refractivity (Wildman–Crippen MR) is 141 cm³/mol. The lowest BCUT2D eigenvalue weighted by atomic mass is 9.41. The van der Waals surface area contributed by atoms with Gasteiger partial charge in [0.2, 0.25) is 5.91 Å². The largest absolute Gasteiger partial charge is 0.456 e. The molecule has 9 unspecified atom stereocenters. The minimum atomic E-state index is -0.376. The Morgan fingerprint density at radius 1 is 1.03 bits per heavy atom. The third-order valence-electron chi connectivity index (χ3n) is 10.9. The molecule has 1 amide bonds. The smallest absolute Gasteiger partial charge is 0.303 e. The highest BCUT2D eigenvalue weighted by molar-refractivity contribution is 5.88. The third-order valence-corrected chi connectivity index (χ3v) is 10.9. The number of nitrogens with one attached hydrogen (secondary N) is 2. The summed E-state index contributed by atoms with van der Waals surface area (Å²) < 4.78 is 5.98. The van der Waals surface area contributed by atoms with Crippen LogP contribution in [0.1, 0.15) is 93.4 Å². The second kappa shape index (κ2) is 9.36. The van der Waals surface area contributed by atoms with E-state index in [2.05, 4.69) is 51.5 Å². The molecule has 0 aromatic rings. The molecule has 0 aliphatic heterocycles. The molecule has 4 aliphatic rings. The van der Waals surface area contributed by atoms with Crippen LogP contribution in [0.4, 0.5) is 0 Å². The van der Waals surface area contributed by atoms with Crippen molar-refractivity contribution in [3.8, 4) is 0 Å². The van der Waals surface area contributed by atoms with E-state index in [-0.39, 0.29) is 34.9 Å². The maximum atomic E-state index is 12.6. The first-order chi connectivity index (χ1) is 16.4. The number of fused-ring (bicyclic) bond motifs is 5. The molecule has 9 atom stereocenters. The third kappa shape index (κ3) is 4.30. The van der Waals surface area contributed by atoms with Crippen molar-refractivity contribution in [1.29, 1.82) is 0 Å². The van der Waals surface area contributed by atoms with E-state index >= 15 is 0 Å². The van der Waals surface area contributed by atoms with Crippen LogP contribution in [-0.4, -0.2) is 37.1 Å². The Labute approximate surface area is 212 Å². The zero-order chi connectivity index (χ0) is 25.8. The summed E-state index contributed by atoms with van der Waals surface area (Å²) in [5, 5.41) is 6.72. The van der Waals surface area contributed by atoms with E-state index in [1.807, 2.05) is 13.8 Å². The number of carbonyl (C=O) groups excluding carboxylic acids is 2. The molecule has 196 valence electrons. The summed E-state index contributed by atoms with van der Waals surface area (Å²) in [7, 11) is 2.11. The Kier molecular flexibility index (Phi) is 7.07. The van der Waals surface area contributed by atoms with Gasteiger partial charge in [0.05, 0.1) is 6.04 Å². The van der Waals surface area contributed by atoms with E-state index in [9.17, 15) is 9.59 Å². The van der Waals surface area contributed by atoms with Gasteiger partial charge in [-0.3, -0.25) is 9.59 Å². The maximum Gasteiger partial charge on any atom is 0.303 e. The van der Waals surface area contributed by atoms with Gasteiger partial charge >= 0.3 is 5.97 Å². The van der Waals surface area contributed by atoms with Gasteiger partial charge in [-0.15, -0.1) is 0 Å². The number of amides is 1. The molecule has 0 bridgehead atoms. The zero-order valence-corrected chi connectivity index (χ0v) is 23.3. The van der Waals surface area contributed by atoms with Crippen LogP contribution in [0.5, 0.6) is 0 Å². The summed E-state index contributed by atoms with van der Waals surface area (Å²) in [6.45, 7) is 15.3. The first kappa shape index (κ1) is 26.4. The van der Waals surface area contributed by atoms with Crippen LogP contribution >= 0.6 is 0 Å². The van der Waals surface area contributed by atoms with Gasteiger partial charge in [0.15, 0.2) is 0 Å². The highest BCUT2D eigenvalue weighted by Crippen LogP contribution is 2.71. The van der Waals surface area contributed by atoms with Gasteiger partial charge in [0.25, 0.3) is 0 Å². The van der Waals surface area contributed by atoms with Crippen molar-refractivity contribution in [2.45, 2.75) is 112 Å². The molecule has 0 saturated heterocycles. The van der Waals surface area contributed by atoms with Crippen LogP contribution in [0.3, 0.4) is 0 Å².